The standard InChI is InChI=1S/C13H25NO2/c1-13(2,3)7-8-14(4)11-6-5-10(9-11)12(15)16/h10-11H,5-9H2,1-4H3,(H,15,16). The maximum absolute atomic E-state index is 10.9. The van der Waals surface area contributed by atoms with Gasteiger partial charge in [0.25, 0.3) is 0 Å². The maximum atomic E-state index is 10.9. The van der Waals surface area contributed by atoms with Crippen molar-refractivity contribution in [2.45, 2.75) is 52.5 Å². The van der Waals surface area contributed by atoms with E-state index in [1.165, 1.54) is 0 Å². The van der Waals surface area contributed by atoms with Gasteiger partial charge < -0.3 is 10.0 Å². The molecule has 1 aliphatic carbocycles. The zero-order chi connectivity index (χ0) is 12.3. The quantitative estimate of drug-likeness (QED) is 0.802. The average Bonchev–Trinajstić information content (AvgIpc) is 2.61. The number of aliphatic carboxylic acids is 1. The summed E-state index contributed by atoms with van der Waals surface area (Å²) in [6.45, 7) is 7.81. The van der Waals surface area contributed by atoms with Crippen molar-refractivity contribution >= 4 is 5.97 Å². The van der Waals surface area contributed by atoms with Crippen LogP contribution in [0.2, 0.25) is 0 Å². The fraction of sp³-hybridized carbons (Fsp3) is 0.923. The predicted octanol–water partition coefficient (Wildman–Crippen LogP) is 2.61. The molecule has 0 aromatic rings. The molecule has 3 nitrogen and oxygen atoms in total. The summed E-state index contributed by atoms with van der Waals surface area (Å²) in [7, 11) is 2.13. The minimum absolute atomic E-state index is 0.109. The normalized spacial score (nSPS) is 26.3. The van der Waals surface area contributed by atoms with Crippen molar-refractivity contribution in [2.24, 2.45) is 11.3 Å². The molecule has 2 atom stereocenters. The molecule has 0 aliphatic heterocycles. The third kappa shape index (κ3) is 4.12. The van der Waals surface area contributed by atoms with Gasteiger partial charge in [-0.15, -0.1) is 0 Å². The van der Waals surface area contributed by atoms with Crippen molar-refractivity contribution in [1.29, 1.82) is 0 Å². The maximum Gasteiger partial charge on any atom is 0.306 e. The van der Waals surface area contributed by atoms with Crippen molar-refractivity contribution in [1.82, 2.24) is 4.90 Å². The Hall–Kier alpha value is -0.570. The summed E-state index contributed by atoms with van der Waals surface area (Å²) in [5.74, 6) is -0.728. The molecule has 0 amide bonds. The number of rotatable bonds is 4. The van der Waals surface area contributed by atoms with Crippen LogP contribution in [-0.4, -0.2) is 35.6 Å². The molecule has 1 saturated carbocycles. The van der Waals surface area contributed by atoms with Crippen LogP contribution in [0, 0.1) is 11.3 Å². The second-order valence-electron chi connectivity index (χ2n) is 6.29. The van der Waals surface area contributed by atoms with E-state index in [0.717, 1.165) is 32.2 Å². The van der Waals surface area contributed by atoms with E-state index < -0.39 is 5.97 Å². The Labute approximate surface area is 98.8 Å². The van der Waals surface area contributed by atoms with E-state index in [2.05, 4.69) is 32.7 Å². The van der Waals surface area contributed by atoms with Crippen LogP contribution >= 0.6 is 0 Å². The monoisotopic (exact) mass is 227 g/mol. The lowest BCUT2D eigenvalue weighted by Gasteiger charge is -2.28. The predicted molar refractivity (Wildman–Crippen MR) is 65.5 cm³/mol. The fourth-order valence-corrected chi connectivity index (χ4v) is 2.28. The molecule has 0 heterocycles. The van der Waals surface area contributed by atoms with Crippen LogP contribution in [0.1, 0.15) is 46.5 Å². The van der Waals surface area contributed by atoms with Crippen molar-refractivity contribution in [3.05, 3.63) is 0 Å². The third-order valence-corrected chi connectivity index (χ3v) is 3.59. The molecule has 0 saturated heterocycles. The molecular weight excluding hydrogens is 202 g/mol. The highest BCUT2D eigenvalue weighted by Crippen LogP contribution is 2.29. The van der Waals surface area contributed by atoms with E-state index >= 15 is 0 Å². The first-order valence-electron chi connectivity index (χ1n) is 6.22. The first-order valence-corrected chi connectivity index (χ1v) is 6.22. The molecule has 1 N–H and O–H groups in total. The minimum Gasteiger partial charge on any atom is -0.481 e. The number of carbonyl (C=O) groups is 1. The van der Waals surface area contributed by atoms with Crippen molar-refractivity contribution in [2.75, 3.05) is 13.6 Å². The average molecular weight is 227 g/mol. The smallest absolute Gasteiger partial charge is 0.306 e. The number of nitrogens with zero attached hydrogens (tertiary/aromatic N) is 1. The topological polar surface area (TPSA) is 40.5 Å². The molecule has 0 aromatic carbocycles. The molecule has 16 heavy (non-hydrogen) atoms. The first kappa shape index (κ1) is 13.5. The molecule has 0 spiro atoms. The van der Waals surface area contributed by atoms with Crippen LogP contribution < -0.4 is 0 Å². The molecule has 1 aliphatic rings. The van der Waals surface area contributed by atoms with Crippen LogP contribution in [-0.2, 0) is 4.79 Å². The Morgan fingerprint density at radius 3 is 2.44 bits per heavy atom. The molecule has 0 radical (unpaired) electrons. The van der Waals surface area contributed by atoms with Crippen LogP contribution in [0.3, 0.4) is 0 Å². The molecule has 1 rings (SSSR count). The Morgan fingerprint density at radius 1 is 1.38 bits per heavy atom. The van der Waals surface area contributed by atoms with E-state index in [9.17, 15) is 4.79 Å². The molecular formula is C13H25NO2. The van der Waals surface area contributed by atoms with E-state index in [1.54, 1.807) is 0 Å². The molecule has 94 valence electrons. The third-order valence-electron chi connectivity index (χ3n) is 3.59. The van der Waals surface area contributed by atoms with Gasteiger partial charge in [-0.1, -0.05) is 20.8 Å². The van der Waals surface area contributed by atoms with Gasteiger partial charge in [0.15, 0.2) is 0 Å². The Bertz CT molecular complexity index is 245. The summed E-state index contributed by atoms with van der Waals surface area (Å²) in [5.41, 5.74) is 0.360. The Balaban J connectivity index is 2.34. The van der Waals surface area contributed by atoms with Crippen LogP contribution in [0.15, 0.2) is 0 Å². The van der Waals surface area contributed by atoms with Gasteiger partial charge in [0.1, 0.15) is 0 Å². The number of carboxylic acid groups (broad SMARTS) is 1. The SMILES string of the molecule is CN(CCC(C)(C)C)C1CCC(C(=O)O)C1. The van der Waals surface area contributed by atoms with Gasteiger partial charge in [-0.05, 0) is 44.7 Å². The summed E-state index contributed by atoms with van der Waals surface area (Å²) >= 11 is 0. The molecule has 0 aromatic heterocycles. The van der Waals surface area contributed by atoms with E-state index in [1.807, 2.05) is 0 Å². The highest BCUT2D eigenvalue weighted by atomic mass is 16.4. The fourth-order valence-electron chi connectivity index (χ4n) is 2.28. The van der Waals surface area contributed by atoms with E-state index in [0.29, 0.717) is 11.5 Å². The zero-order valence-corrected chi connectivity index (χ0v) is 11.0. The van der Waals surface area contributed by atoms with Crippen LogP contribution in [0.4, 0.5) is 0 Å². The lowest BCUT2D eigenvalue weighted by atomic mass is 9.92. The second kappa shape index (κ2) is 5.17. The second-order valence-corrected chi connectivity index (χ2v) is 6.29. The number of carboxylic acids is 1. The summed E-state index contributed by atoms with van der Waals surface area (Å²) in [6.07, 6.45) is 3.88. The molecule has 2 unspecified atom stereocenters. The first-order chi connectivity index (χ1) is 7.29. The van der Waals surface area contributed by atoms with Gasteiger partial charge in [0.2, 0.25) is 0 Å². The summed E-state index contributed by atoms with van der Waals surface area (Å²) in [4.78, 5) is 13.2. The van der Waals surface area contributed by atoms with Gasteiger partial charge in [-0.3, -0.25) is 4.79 Å². The largest absolute Gasteiger partial charge is 0.481 e. The summed E-state index contributed by atoms with van der Waals surface area (Å²) < 4.78 is 0. The Morgan fingerprint density at radius 2 is 2.00 bits per heavy atom. The van der Waals surface area contributed by atoms with Gasteiger partial charge in [-0.25, -0.2) is 0 Å². The zero-order valence-electron chi connectivity index (χ0n) is 11.0. The van der Waals surface area contributed by atoms with Crippen LogP contribution in [0.25, 0.3) is 0 Å². The van der Waals surface area contributed by atoms with E-state index in [4.69, 9.17) is 5.11 Å². The molecule has 3 heteroatoms. The lowest BCUT2D eigenvalue weighted by molar-refractivity contribution is -0.141. The highest BCUT2D eigenvalue weighted by Gasteiger charge is 2.31. The minimum atomic E-state index is -0.619. The van der Waals surface area contributed by atoms with Gasteiger partial charge in [0.05, 0.1) is 5.92 Å². The highest BCUT2D eigenvalue weighted by molar-refractivity contribution is 5.70. The Kier molecular flexibility index (Phi) is 4.36. The molecule has 1 fully saturated rings. The number of hydrogen-bond acceptors (Lipinski definition) is 2. The summed E-state index contributed by atoms with van der Waals surface area (Å²) in [6, 6.07) is 0.475. The summed E-state index contributed by atoms with van der Waals surface area (Å²) in [5, 5.41) is 8.95. The van der Waals surface area contributed by atoms with E-state index in [-0.39, 0.29) is 5.92 Å². The van der Waals surface area contributed by atoms with Gasteiger partial charge in [-0.2, -0.15) is 0 Å². The molecule has 0 bridgehead atoms. The number of hydrogen-bond donors (Lipinski definition) is 1. The van der Waals surface area contributed by atoms with Crippen molar-refractivity contribution in [3.63, 3.8) is 0 Å². The lowest BCUT2D eigenvalue weighted by Crippen LogP contribution is -2.32. The van der Waals surface area contributed by atoms with Gasteiger partial charge in [0, 0.05) is 6.04 Å². The van der Waals surface area contributed by atoms with Crippen LogP contribution in [0.5, 0.6) is 0 Å². The van der Waals surface area contributed by atoms with Crippen molar-refractivity contribution < 1.29 is 9.90 Å². The van der Waals surface area contributed by atoms with Crippen molar-refractivity contribution in [3.8, 4) is 0 Å². The van der Waals surface area contributed by atoms with Gasteiger partial charge >= 0.3 is 5.97 Å².